The summed E-state index contributed by atoms with van der Waals surface area (Å²) >= 11 is 0. The minimum atomic E-state index is -0.275. The van der Waals surface area contributed by atoms with E-state index in [0.29, 0.717) is 24.5 Å². The van der Waals surface area contributed by atoms with Gasteiger partial charge in [-0.1, -0.05) is 5.16 Å². The van der Waals surface area contributed by atoms with Gasteiger partial charge >= 0.3 is 6.03 Å². The monoisotopic (exact) mass is 331 g/mol. The van der Waals surface area contributed by atoms with Crippen molar-refractivity contribution in [2.75, 3.05) is 13.7 Å². The van der Waals surface area contributed by atoms with Crippen molar-refractivity contribution < 1.29 is 14.1 Å². The van der Waals surface area contributed by atoms with Gasteiger partial charge in [0.15, 0.2) is 5.76 Å². The second-order valence-electron chi connectivity index (χ2n) is 6.61. The van der Waals surface area contributed by atoms with E-state index in [9.17, 15) is 4.79 Å². The third kappa shape index (κ3) is 4.75. The van der Waals surface area contributed by atoms with Crippen LogP contribution in [0.15, 0.2) is 34.9 Å². The highest BCUT2D eigenvalue weighted by atomic mass is 16.5. The van der Waals surface area contributed by atoms with E-state index in [2.05, 4.69) is 10.5 Å². The predicted molar refractivity (Wildman–Crippen MR) is 92.9 cm³/mol. The summed E-state index contributed by atoms with van der Waals surface area (Å²) in [6.07, 6.45) is 0. The molecule has 2 rings (SSSR count). The molecule has 0 unspecified atom stereocenters. The van der Waals surface area contributed by atoms with Gasteiger partial charge in [0.1, 0.15) is 11.4 Å². The predicted octanol–water partition coefficient (Wildman–Crippen LogP) is 3.68. The molecule has 24 heavy (non-hydrogen) atoms. The lowest BCUT2D eigenvalue weighted by Gasteiger charge is -2.27. The van der Waals surface area contributed by atoms with Crippen LogP contribution >= 0.6 is 0 Å². The van der Waals surface area contributed by atoms with Crippen LogP contribution in [0.1, 0.15) is 33.4 Å². The van der Waals surface area contributed by atoms with Crippen LogP contribution in [-0.4, -0.2) is 35.3 Å². The summed E-state index contributed by atoms with van der Waals surface area (Å²) in [5.41, 5.74) is 1.35. The molecule has 0 bridgehead atoms. The molecular weight excluding hydrogens is 306 g/mol. The average Bonchev–Trinajstić information content (AvgIpc) is 2.99. The quantitative estimate of drug-likeness (QED) is 0.907. The number of hydrogen-bond donors (Lipinski definition) is 1. The number of ether oxygens (including phenoxy) is 1. The zero-order valence-corrected chi connectivity index (χ0v) is 14.9. The molecule has 0 aliphatic rings. The lowest BCUT2D eigenvalue weighted by atomic mass is 10.1. The molecule has 1 aromatic heterocycles. The molecule has 130 valence electrons. The second-order valence-corrected chi connectivity index (χ2v) is 6.61. The number of benzene rings is 1. The molecule has 1 N–H and O–H groups in total. The third-order valence-electron chi connectivity index (χ3n) is 3.44. The lowest BCUT2D eigenvalue weighted by Crippen LogP contribution is -2.48. The Morgan fingerprint density at radius 2 is 1.96 bits per heavy atom. The molecule has 0 radical (unpaired) electrons. The number of methoxy groups -OCH3 is 1. The van der Waals surface area contributed by atoms with Crippen molar-refractivity contribution in [1.29, 1.82) is 0 Å². The van der Waals surface area contributed by atoms with E-state index >= 15 is 0 Å². The summed E-state index contributed by atoms with van der Waals surface area (Å²) in [6, 6.07) is 9.30. The summed E-state index contributed by atoms with van der Waals surface area (Å²) in [5, 5.41) is 7.03. The molecule has 1 aromatic carbocycles. The van der Waals surface area contributed by atoms with Gasteiger partial charge in [0, 0.05) is 23.7 Å². The number of rotatable bonds is 5. The van der Waals surface area contributed by atoms with Crippen LogP contribution in [-0.2, 0) is 6.54 Å². The highest BCUT2D eigenvalue weighted by Gasteiger charge is 2.20. The van der Waals surface area contributed by atoms with Crippen molar-refractivity contribution in [2.45, 2.75) is 39.8 Å². The van der Waals surface area contributed by atoms with E-state index in [1.165, 1.54) is 0 Å². The summed E-state index contributed by atoms with van der Waals surface area (Å²) in [6.45, 7) is 8.79. The number of nitrogens with one attached hydrogen (secondary N) is 1. The SMILES string of the molecule is CCN(Cc1cc(-c2ccc(OC)cc2)on1)C(=O)NC(C)(C)C. The molecule has 0 aliphatic heterocycles. The lowest BCUT2D eigenvalue weighted by molar-refractivity contribution is 0.187. The van der Waals surface area contributed by atoms with Crippen LogP contribution in [0.5, 0.6) is 5.75 Å². The van der Waals surface area contributed by atoms with Gasteiger partial charge in [-0.25, -0.2) is 4.79 Å². The van der Waals surface area contributed by atoms with Gasteiger partial charge in [0.2, 0.25) is 0 Å². The molecule has 0 saturated carbocycles. The van der Waals surface area contributed by atoms with Crippen LogP contribution in [0, 0.1) is 0 Å². The first kappa shape index (κ1) is 17.8. The van der Waals surface area contributed by atoms with Crippen molar-refractivity contribution in [3.05, 3.63) is 36.0 Å². The average molecular weight is 331 g/mol. The molecule has 0 atom stereocenters. The molecule has 0 aliphatic carbocycles. The number of hydrogen-bond acceptors (Lipinski definition) is 4. The van der Waals surface area contributed by atoms with Crippen LogP contribution < -0.4 is 10.1 Å². The molecule has 6 nitrogen and oxygen atoms in total. The van der Waals surface area contributed by atoms with Gasteiger partial charge in [-0.15, -0.1) is 0 Å². The normalized spacial score (nSPS) is 11.2. The van der Waals surface area contributed by atoms with Gasteiger partial charge < -0.3 is 19.5 Å². The fourth-order valence-electron chi connectivity index (χ4n) is 2.20. The van der Waals surface area contributed by atoms with E-state index in [1.807, 2.05) is 58.0 Å². The number of urea groups is 1. The number of amides is 2. The number of aromatic nitrogens is 1. The molecular formula is C18H25N3O3. The van der Waals surface area contributed by atoms with E-state index in [1.54, 1.807) is 12.0 Å². The van der Waals surface area contributed by atoms with E-state index in [0.717, 1.165) is 11.3 Å². The maximum Gasteiger partial charge on any atom is 0.318 e. The molecule has 2 amide bonds. The molecule has 6 heteroatoms. The van der Waals surface area contributed by atoms with Crippen molar-refractivity contribution >= 4 is 6.03 Å². The van der Waals surface area contributed by atoms with Gasteiger partial charge in [0.25, 0.3) is 0 Å². The summed E-state index contributed by atoms with van der Waals surface area (Å²) in [5.74, 6) is 1.45. The second kappa shape index (κ2) is 7.38. The Morgan fingerprint density at radius 1 is 1.29 bits per heavy atom. The number of nitrogens with zero attached hydrogens (tertiary/aromatic N) is 2. The Kier molecular flexibility index (Phi) is 5.49. The maximum absolute atomic E-state index is 12.3. The Bertz CT molecular complexity index is 672. The zero-order chi connectivity index (χ0) is 17.7. The van der Waals surface area contributed by atoms with Crippen LogP contribution in [0.4, 0.5) is 4.79 Å². The van der Waals surface area contributed by atoms with E-state index in [-0.39, 0.29) is 11.6 Å². The van der Waals surface area contributed by atoms with Gasteiger partial charge in [0.05, 0.1) is 13.7 Å². The minimum absolute atomic E-state index is 0.112. The standard InChI is InChI=1S/C18H25N3O3/c1-6-21(17(22)19-18(2,3)4)12-14-11-16(24-20-14)13-7-9-15(23-5)10-8-13/h7-11H,6,12H2,1-5H3,(H,19,22). The van der Waals surface area contributed by atoms with Crippen LogP contribution in [0.25, 0.3) is 11.3 Å². The van der Waals surface area contributed by atoms with Crippen molar-refractivity contribution in [3.63, 3.8) is 0 Å². The minimum Gasteiger partial charge on any atom is -0.497 e. The van der Waals surface area contributed by atoms with Crippen molar-refractivity contribution in [1.82, 2.24) is 15.4 Å². The largest absolute Gasteiger partial charge is 0.497 e. The zero-order valence-electron chi connectivity index (χ0n) is 14.9. The fourth-order valence-corrected chi connectivity index (χ4v) is 2.20. The molecule has 0 fully saturated rings. The summed E-state index contributed by atoms with van der Waals surface area (Å²) in [4.78, 5) is 14.0. The molecule has 1 heterocycles. The summed E-state index contributed by atoms with van der Waals surface area (Å²) < 4.78 is 10.5. The molecule has 0 saturated heterocycles. The Labute approximate surface area is 142 Å². The first-order chi connectivity index (χ1) is 11.3. The number of carbonyl (C=O) groups is 1. The summed E-state index contributed by atoms with van der Waals surface area (Å²) in [7, 11) is 1.63. The molecule has 0 spiro atoms. The smallest absolute Gasteiger partial charge is 0.318 e. The van der Waals surface area contributed by atoms with Crippen molar-refractivity contribution in [3.8, 4) is 17.1 Å². The topological polar surface area (TPSA) is 67.6 Å². The van der Waals surface area contributed by atoms with Crippen molar-refractivity contribution in [2.24, 2.45) is 0 Å². The maximum atomic E-state index is 12.3. The Morgan fingerprint density at radius 3 is 2.50 bits per heavy atom. The third-order valence-corrected chi connectivity index (χ3v) is 3.44. The first-order valence-corrected chi connectivity index (χ1v) is 7.99. The van der Waals surface area contributed by atoms with Gasteiger partial charge in [-0.2, -0.15) is 0 Å². The number of carbonyl (C=O) groups excluding carboxylic acids is 1. The first-order valence-electron chi connectivity index (χ1n) is 7.99. The van der Waals surface area contributed by atoms with E-state index in [4.69, 9.17) is 9.26 Å². The van der Waals surface area contributed by atoms with Gasteiger partial charge in [-0.3, -0.25) is 0 Å². The van der Waals surface area contributed by atoms with E-state index < -0.39 is 0 Å². The van der Waals surface area contributed by atoms with Crippen LogP contribution in [0.2, 0.25) is 0 Å². The van der Waals surface area contributed by atoms with Crippen LogP contribution in [0.3, 0.4) is 0 Å². The Balaban J connectivity index is 2.07. The fraction of sp³-hybridized carbons (Fsp3) is 0.444. The highest BCUT2D eigenvalue weighted by Crippen LogP contribution is 2.23. The highest BCUT2D eigenvalue weighted by molar-refractivity contribution is 5.74. The Hall–Kier alpha value is -2.50. The van der Waals surface area contributed by atoms with Gasteiger partial charge in [-0.05, 0) is 52.0 Å². The molecule has 2 aromatic rings.